The minimum absolute atomic E-state index is 0.0125. The Morgan fingerprint density at radius 2 is 1.97 bits per heavy atom. The minimum atomic E-state index is -4.71. The quantitative estimate of drug-likeness (QED) is 0.408. The van der Waals surface area contributed by atoms with Crippen molar-refractivity contribution < 1.29 is 27.4 Å². The van der Waals surface area contributed by atoms with Crippen LogP contribution in [0, 0.1) is 17.0 Å². The molecule has 1 amide bonds. The third-order valence-corrected chi connectivity index (χ3v) is 4.67. The Morgan fingerprint density at radius 3 is 2.58 bits per heavy atom. The molecule has 8 nitrogen and oxygen atoms in total. The number of fused-ring (bicyclic) bond motifs is 1. The molecule has 0 aliphatic carbocycles. The van der Waals surface area contributed by atoms with Crippen molar-refractivity contribution in [2.24, 2.45) is 0 Å². The van der Waals surface area contributed by atoms with E-state index in [1.807, 2.05) is 13.8 Å². The number of carbonyl (C=O) groups is 1. The molecule has 11 heteroatoms. The molecule has 1 aromatic carbocycles. The number of nitro groups is 1. The zero-order chi connectivity index (χ0) is 22.9. The molecule has 0 saturated heterocycles. The van der Waals surface area contributed by atoms with Crippen LogP contribution in [0.5, 0.6) is 0 Å². The number of aromatic nitrogens is 2. The monoisotopic (exact) mass is 436 g/mol. The van der Waals surface area contributed by atoms with Crippen LogP contribution in [0.4, 0.5) is 18.9 Å². The molecule has 0 aliphatic heterocycles. The fourth-order valence-corrected chi connectivity index (χ4v) is 3.19. The molecule has 0 saturated carbocycles. The Hall–Kier alpha value is -3.50. The van der Waals surface area contributed by atoms with E-state index < -0.39 is 30.1 Å². The second kappa shape index (κ2) is 8.32. The van der Waals surface area contributed by atoms with Gasteiger partial charge in [0, 0.05) is 17.3 Å². The van der Waals surface area contributed by atoms with Crippen LogP contribution in [0.15, 0.2) is 34.9 Å². The van der Waals surface area contributed by atoms with Gasteiger partial charge in [0.25, 0.3) is 17.3 Å². The Balaban J connectivity index is 2.12. The summed E-state index contributed by atoms with van der Waals surface area (Å²) < 4.78 is 45.1. The van der Waals surface area contributed by atoms with E-state index in [4.69, 9.17) is 4.52 Å². The molecule has 0 atom stereocenters. The summed E-state index contributed by atoms with van der Waals surface area (Å²) in [5, 5.41) is 15.3. The summed E-state index contributed by atoms with van der Waals surface area (Å²) in [7, 11) is 0. The average Bonchev–Trinajstić information content (AvgIpc) is 3.06. The predicted octanol–water partition coefficient (Wildman–Crippen LogP) is 4.77. The third kappa shape index (κ3) is 4.81. The van der Waals surface area contributed by atoms with E-state index in [1.54, 1.807) is 6.92 Å². The number of pyridine rings is 1. The van der Waals surface area contributed by atoms with Crippen LogP contribution >= 0.6 is 0 Å². The molecule has 3 rings (SSSR count). The number of hydrogen-bond donors (Lipinski definition) is 0. The molecule has 2 aromatic heterocycles. The number of aryl methyl sites for hydroxylation is 1. The number of nitrogens with zero attached hydrogens (tertiary/aromatic N) is 4. The van der Waals surface area contributed by atoms with Gasteiger partial charge >= 0.3 is 6.18 Å². The smallest absolute Gasteiger partial charge is 0.336 e. The standard InChI is InChI=1S/C20H19F3N4O4/c1-11(2)15-8-14(17-12(3)25-31-18(17)24-15)19(28)26(10-20(21,22)23)9-13-6-4-5-7-16(13)27(29)30/h4-8,11H,9-10H2,1-3H3. The number of nitro benzene ring substituents is 1. The van der Waals surface area contributed by atoms with Gasteiger partial charge < -0.3 is 9.42 Å². The topological polar surface area (TPSA) is 102 Å². The summed E-state index contributed by atoms with van der Waals surface area (Å²) >= 11 is 0. The molecule has 3 aromatic rings. The summed E-state index contributed by atoms with van der Waals surface area (Å²) in [6.07, 6.45) is -4.71. The van der Waals surface area contributed by atoms with Crippen molar-refractivity contribution in [3.05, 3.63) is 63.0 Å². The van der Waals surface area contributed by atoms with Crippen LogP contribution < -0.4 is 0 Å². The Bertz CT molecular complexity index is 1140. The summed E-state index contributed by atoms with van der Waals surface area (Å²) in [5.74, 6) is -1.08. The number of halogens is 3. The van der Waals surface area contributed by atoms with E-state index in [1.165, 1.54) is 30.3 Å². The van der Waals surface area contributed by atoms with Crippen LogP contribution in [-0.4, -0.2) is 38.6 Å². The Kier molecular flexibility index (Phi) is 5.96. The highest BCUT2D eigenvalue weighted by Gasteiger charge is 2.35. The molecule has 2 heterocycles. The second-order valence-electron chi connectivity index (χ2n) is 7.36. The molecule has 164 valence electrons. The number of rotatable bonds is 6. The molecular weight excluding hydrogens is 417 g/mol. The van der Waals surface area contributed by atoms with Gasteiger partial charge in [-0.05, 0) is 18.9 Å². The van der Waals surface area contributed by atoms with Crippen LogP contribution in [0.25, 0.3) is 11.1 Å². The number of alkyl halides is 3. The first-order chi connectivity index (χ1) is 14.5. The summed E-state index contributed by atoms with van der Waals surface area (Å²) in [4.78, 5) is 28.7. The molecule has 0 unspecified atom stereocenters. The average molecular weight is 436 g/mol. The first-order valence-corrected chi connectivity index (χ1v) is 9.33. The van der Waals surface area contributed by atoms with E-state index in [0.717, 1.165) is 0 Å². The van der Waals surface area contributed by atoms with Gasteiger partial charge in [-0.25, -0.2) is 4.98 Å². The van der Waals surface area contributed by atoms with Crippen molar-refractivity contribution in [3.63, 3.8) is 0 Å². The molecule has 31 heavy (non-hydrogen) atoms. The zero-order valence-corrected chi connectivity index (χ0v) is 16.9. The fourth-order valence-electron chi connectivity index (χ4n) is 3.19. The van der Waals surface area contributed by atoms with E-state index in [2.05, 4.69) is 10.1 Å². The highest BCUT2D eigenvalue weighted by Crippen LogP contribution is 2.29. The number of benzene rings is 1. The van der Waals surface area contributed by atoms with Crippen molar-refractivity contribution in [2.45, 2.75) is 39.4 Å². The molecular formula is C20H19F3N4O4. The number of para-hydroxylation sites is 1. The van der Waals surface area contributed by atoms with Crippen molar-refractivity contribution >= 4 is 22.7 Å². The summed E-state index contributed by atoms with van der Waals surface area (Å²) in [6.45, 7) is 3.00. The van der Waals surface area contributed by atoms with Gasteiger partial charge in [0.1, 0.15) is 6.54 Å². The van der Waals surface area contributed by atoms with Gasteiger partial charge in [-0.1, -0.05) is 37.2 Å². The molecule has 0 bridgehead atoms. The zero-order valence-electron chi connectivity index (χ0n) is 16.9. The maximum Gasteiger partial charge on any atom is 0.406 e. The first-order valence-electron chi connectivity index (χ1n) is 9.33. The van der Waals surface area contributed by atoms with E-state index >= 15 is 0 Å². The predicted molar refractivity (Wildman–Crippen MR) is 105 cm³/mol. The number of carbonyl (C=O) groups excluding carboxylic acids is 1. The Morgan fingerprint density at radius 1 is 1.29 bits per heavy atom. The van der Waals surface area contributed by atoms with Crippen molar-refractivity contribution in [3.8, 4) is 0 Å². The lowest BCUT2D eigenvalue weighted by Crippen LogP contribution is -2.38. The summed E-state index contributed by atoms with van der Waals surface area (Å²) in [6, 6.07) is 6.78. The minimum Gasteiger partial charge on any atom is -0.336 e. The van der Waals surface area contributed by atoms with Gasteiger partial charge in [-0.15, -0.1) is 0 Å². The third-order valence-electron chi connectivity index (χ3n) is 4.67. The maximum absolute atomic E-state index is 13.3. The molecule has 0 fully saturated rings. The molecule has 0 spiro atoms. The second-order valence-corrected chi connectivity index (χ2v) is 7.36. The van der Waals surface area contributed by atoms with Crippen LogP contribution in [0.2, 0.25) is 0 Å². The van der Waals surface area contributed by atoms with Gasteiger partial charge in [0.2, 0.25) is 0 Å². The number of hydrogen-bond acceptors (Lipinski definition) is 6. The van der Waals surface area contributed by atoms with Gasteiger partial charge in [0.15, 0.2) is 0 Å². The largest absolute Gasteiger partial charge is 0.406 e. The van der Waals surface area contributed by atoms with Crippen molar-refractivity contribution in [1.82, 2.24) is 15.0 Å². The maximum atomic E-state index is 13.3. The van der Waals surface area contributed by atoms with E-state index in [9.17, 15) is 28.1 Å². The van der Waals surface area contributed by atoms with E-state index in [-0.39, 0.29) is 33.8 Å². The first kappa shape index (κ1) is 22.2. The van der Waals surface area contributed by atoms with Gasteiger partial charge in [0.05, 0.1) is 28.1 Å². The van der Waals surface area contributed by atoms with E-state index in [0.29, 0.717) is 16.3 Å². The van der Waals surface area contributed by atoms with Crippen molar-refractivity contribution in [2.75, 3.05) is 6.54 Å². The van der Waals surface area contributed by atoms with Gasteiger partial charge in [-0.2, -0.15) is 13.2 Å². The molecule has 0 N–H and O–H groups in total. The van der Waals surface area contributed by atoms with Gasteiger partial charge in [-0.3, -0.25) is 14.9 Å². The highest BCUT2D eigenvalue weighted by atomic mass is 19.4. The van der Waals surface area contributed by atoms with Crippen molar-refractivity contribution in [1.29, 1.82) is 0 Å². The molecule has 0 aliphatic rings. The lowest BCUT2D eigenvalue weighted by molar-refractivity contribution is -0.385. The highest BCUT2D eigenvalue weighted by molar-refractivity contribution is 6.06. The van der Waals surface area contributed by atoms with Crippen LogP contribution in [0.1, 0.15) is 47.1 Å². The normalized spacial score (nSPS) is 11.8. The Labute approximate surface area is 174 Å². The number of amides is 1. The van der Waals surface area contributed by atoms with Crippen LogP contribution in [0.3, 0.4) is 0 Å². The SMILES string of the molecule is Cc1noc2nc(C(C)C)cc(C(=O)N(Cc3ccccc3[N+](=O)[O-])CC(F)(F)F)c12. The lowest BCUT2D eigenvalue weighted by Gasteiger charge is -2.24. The lowest BCUT2D eigenvalue weighted by atomic mass is 10.0. The summed E-state index contributed by atoms with van der Waals surface area (Å²) in [5.41, 5.74) is 0.372. The fraction of sp³-hybridized carbons (Fsp3) is 0.350. The molecule has 0 radical (unpaired) electrons. The van der Waals surface area contributed by atoms with Crippen LogP contribution in [-0.2, 0) is 6.54 Å².